The molecule has 0 radical (unpaired) electrons. The van der Waals surface area contributed by atoms with E-state index >= 15 is 0 Å². The number of esters is 1. The average Bonchev–Trinajstić information content (AvgIpc) is 2.38. The second kappa shape index (κ2) is 7.77. The van der Waals surface area contributed by atoms with Gasteiger partial charge < -0.3 is 10.5 Å². The van der Waals surface area contributed by atoms with Crippen LogP contribution >= 0.6 is 15.9 Å². The molecule has 1 rings (SSSR count). The summed E-state index contributed by atoms with van der Waals surface area (Å²) < 4.78 is 31.6. The van der Waals surface area contributed by atoms with Gasteiger partial charge in [-0.05, 0) is 47.5 Å². The van der Waals surface area contributed by atoms with Crippen LogP contribution in [-0.4, -0.2) is 38.4 Å². The lowest BCUT2D eigenvalue weighted by molar-refractivity contribution is -0.143. The maximum Gasteiger partial charge on any atom is 0.321 e. The second-order valence-corrected chi connectivity index (χ2v) is 7.09. The lowest BCUT2D eigenvalue weighted by atomic mass is 10.3. The van der Waals surface area contributed by atoms with E-state index < -0.39 is 16.0 Å². The molecule has 0 atom stereocenters. The molecule has 118 valence electrons. The van der Waals surface area contributed by atoms with Gasteiger partial charge in [0.25, 0.3) is 0 Å². The van der Waals surface area contributed by atoms with E-state index in [1.807, 2.05) is 6.92 Å². The number of anilines is 1. The smallest absolute Gasteiger partial charge is 0.321 e. The fourth-order valence-electron chi connectivity index (χ4n) is 1.75. The molecule has 0 unspecified atom stereocenters. The number of benzene rings is 1. The molecular formula is C13H19BrN2O4S. The molecular weight excluding hydrogens is 360 g/mol. The molecule has 0 fully saturated rings. The minimum absolute atomic E-state index is 0.0782. The Labute approximate surface area is 133 Å². The Hall–Kier alpha value is -1.12. The summed E-state index contributed by atoms with van der Waals surface area (Å²) in [6, 6.07) is 4.44. The second-order valence-electron chi connectivity index (χ2n) is 4.33. The van der Waals surface area contributed by atoms with Gasteiger partial charge in [0.2, 0.25) is 10.0 Å². The number of carbonyl (C=O) groups excluding carboxylic acids is 1. The Bertz CT molecular complexity index is 604. The van der Waals surface area contributed by atoms with Crippen molar-refractivity contribution in [2.24, 2.45) is 0 Å². The summed E-state index contributed by atoms with van der Waals surface area (Å²) in [6.45, 7) is 3.65. The Morgan fingerprint density at radius 1 is 1.38 bits per heavy atom. The number of sulfonamides is 1. The Morgan fingerprint density at radius 2 is 2.05 bits per heavy atom. The SMILES string of the molecule is CCCN(CC(=O)OCC)S(=O)(=O)c1ccc(N)cc1Br. The minimum Gasteiger partial charge on any atom is -0.465 e. The van der Waals surface area contributed by atoms with Crippen molar-refractivity contribution < 1.29 is 17.9 Å². The van der Waals surface area contributed by atoms with Crippen LogP contribution in [0.15, 0.2) is 27.6 Å². The topological polar surface area (TPSA) is 89.7 Å². The molecule has 0 spiro atoms. The highest BCUT2D eigenvalue weighted by Crippen LogP contribution is 2.27. The molecule has 0 aliphatic rings. The number of halogens is 1. The molecule has 1 aromatic carbocycles. The van der Waals surface area contributed by atoms with Crippen molar-refractivity contribution in [2.45, 2.75) is 25.2 Å². The summed E-state index contributed by atoms with van der Waals surface area (Å²) in [5.74, 6) is -0.568. The minimum atomic E-state index is -3.79. The Balaban J connectivity index is 3.12. The molecule has 21 heavy (non-hydrogen) atoms. The molecule has 0 aliphatic carbocycles. The first-order valence-corrected chi connectivity index (χ1v) is 8.77. The van der Waals surface area contributed by atoms with E-state index in [0.717, 1.165) is 4.31 Å². The summed E-state index contributed by atoms with van der Waals surface area (Å²) >= 11 is 3.20. The summed E-state index contributed by atoms with van der Waals surface area (Å²) in [5.41, 5.74) is 6.07. The standard InChI is InChI=1S/C13H19BrN2O4S/c1-3-7-16(9-13(17)20-4-2)21(18,19)12-6-5-10(15)8-11(12)14/h5-6,8H,3-4,7,9,15H2,1-2H3. The van der Waals surface area contributed by atoms with Crippen LogP contribution < -0.4 is 5.73 Å². The third kappa shape index (κ3) is 4.69. The molecule has 0 aliphatic heterocycles. The third-order valence-electron chi connectivity index (χ3n) is 2.66. The molecule has 0 bridgehead atoms. The number of rotatable bonds is 7. The molecule has 0 amide bonds. The largest absolute Gasteiger partial charge is 0.465 e. The first-order chi connectivity index (χ1) is 9.82. The summed E-state index contributed by atoms with van der Waals surface area (Å²) in [7, 11) is -3.79. The molecule has 0 saturated carbocycles. The van der Waals surface area contributed by atoms with Crippen molar-refractivity contribution in [3.05, 3.63) is 22.7 Å². The predicted molar refractivity (Wildman–Crippen MR) is 84.2 cm³/mol. The van der Waals surface area contributed by atoms with E-state index in [1.54, 1.807) is 6.92 Å². The van der Waals surface area contributed by atoms with Gasteiger partial charge >= 0.3 is 5.97 Å². The van der Waals surface area contributed by atoms with E-state index in [2.05, 4.69) is 15.9 Å². The fraction of sp³-hybridized carbons (Fsp3) is 0.462. The highest BCUT2D eigenvalue weighted by Gasteiger charge is 2.28. The first-order valence-electron chi connectivity index (χ1n) is 6.53. The van der Waals surface area contributed by atoms with Crippen molar-refractivity contribution in [3.63, 3.8) is 0 Å². The van der Waals surface area contributed by atoms with Crippen LogP contribution in [-0.2, 0) is 19.6 Å². The summed E-state index contributed by atoms with van der Waals surface area (Å²) in [5, 5.41) is 0. The molecule has 1 aromatic rings. The van der Waals surface area contributed by atoms with Gasteiger partial charge in [0.05, 0.1) is 11.5 Å². The van der Waals surface area contributed by atoms with Gasteiger partial charge in [0.15, 0.2) is 0 Å². The van der Waals surface area contributed by atoms with Crippen LogP contribution in [0.1, 0.15) is 20.3 Å². The van der Waals surface area contributed by atoms with E-state index in [9.17, 15) is 13.2 Å². The van der Waals surface area contributed by atoms with Crippen molar-refractivity contribution in [1.82, 2.24) is 4.31 Å². The number of carbonyl (C=O) groups is 1. The quantitative estimate of drug-likeness (QED) is 0.578. The average molecular weight is 379 g/mol. The van der Waals surface area contributed by atoms with Crippen LogP contribution in [0.25, 0.3) is 0 Å². The zero-order valence-corrected chi connectivity index (χ0v) is 14.4. The normalized spacial score (nSPS) is 11.6. The van der Waals surface area contributed by atoms with Crippen molar-refractivity contribution in [2.75, 3.05) is 25.4 Å². The Morgan fingerprint density at radius 3 is 2.57 bits per heavy atom. The van der Waals surface area contributed by atoms with Crippen molar-refractivity contribution >= 4 is 37.6 Å². The molecule has 6 nitrogen and oxygen atoms in total. The van der Waals surface area contributed by atoms with Crippen LogP contribution in [0.3, 0.4) is 0 Å². The lowest BCUT2D eigenvalue weighted by Crippen LogP contribution is -2.37. The lowest BCUT2D eigenvalue weighted by Gasteiger charge is -2.21. The van der Waals surface area contributed by atoms with Gasteiger partial charge in [0, 0.05) is 16.7 Å². The zero-order valence-electron chi connectivity index (χ0n) is 12.0. The molecule has 0 aromatic heterocycles. The number of nitrogens with two attached hydrogens (primary N) is 1. The van der Waals surface area contributed by atoms with E-state index in [4.69, 9.17) is 10.5 Å². The summed E-state index contributed by atoms with van der Waals surface area (Å²) in [4.78, 5) is 11.7. The molecule has 0 saturated heterocycles. The highest BCUT2D eigenvalue weighted by atomic mass is 79.9. The predicted octanol–water partition coefficient (Wildman–Crippen LogP) is 2.00. The number of nitrogen functional groups attached to an aromatic ring is 1. The summed E-state index contributed by atoms with van der Waals surface area (Å²) in [6.07, 6.45) is 0.589. The van der Waals surface area contributed by atoms with E-state index in [0.29, 0.717) is 16.6 Å². The number of hydrogen-bond acceptors (Lipinski definition) is 5. The number of ether oxygens (including phenoxy) is 1. The number of nitrogens with zero attached hydrogens (tertiary/aromatic N) is 1. The van der Waals surface area contributed by atoms with Gasteiger partial charge in [-0.2, -0.15) is 4.31 Å². The maximum atomic E-state index is 12.6. The molecule has 0 heterocycles. The monoisotopic (exact) mass is 378 g/mol. The van der Waals surface area contributed by atoms with E-state index in [1.165, 1.54) is 18.2 Å². The maximum absolute atomic E-state index is 12.6. The first kappa shape index (κ1) is 17.9. The van der Waals surface area contributed by atoms with Gasteiger partial charge in [-0.15, -0.1) is 0 Å². The molecule has 8 heteroatoms. The number of hydrogen-bond donors (Lipinski definition) is 1. The highest BCUT2D eigenvalue weighted by molar-refractivity contribution is 9.10. The van der Waals surface area contributed by atoms with Crippen LogP contribution in [0.2, 0.25) is 0 Å². The van der Waals surface area contributed by atoms with Crippen LogP contribution in [0.4, 0.5) is 5.69 Å². The van der Waals surface area contributed by atoms with Crippen LogP contribution in [0.5, 0.6) is 0 Å². The third-order valence-corrected chi connectivity index (χ3v) is 5.48. The van der Waals surface area contributed by atoms with Gasteiger partial charge in [-0.3, -0.25) is 4.79 Å². The van der Waals surface area contributed by atoms with Crippen molar-refractivity contribution in [1.29, 1.82) is 0 Å². The molecule has 2 N–H and O–H groups in total. The fourth-order valence-corrected chi connectivity index (χ4v) is 4.28. The van der Waals surface area contributed by atoms with Gasteiger partial charge in [-0.25, -0.2) is 8.42 Å². The van der Waals surface area contributed by atoms with Gasteiger partial charge in [-0.1, -0.05) is 6.92 Å². The van der Waals surface area contributed by atoms with E-state index in [-0.39, 0.29) is 24.6 Å². The van der Waals surface area contributed by atoms with Crippen LogP contribution in [0, 0.1) is 0 Å². The van der Waals surface area contributed by atoms with Crippen molar-refractivity contribution in [3.8, 4) is 0 Å². The Kier molecular flexibility index (Phi) is 6.63. The zero-order chi connectivity index (χ0) is 16.0. The van der Waals surface area contributed by atoms with Gasteiger partial charge in [0.1, 0.15) is 6.54 Å².